The summed E-state index contributed by atoms with van der Waals surface area (Å²) in [6.07, 6.45) is 0. The van der Waals surface area contributed by atoms with Crippen molar-refractivity contribution in [2.24, 2.45) is 0 Å². The molecule has 3 rings (SSSR count). The molecule has 0 aliphatic carbocycles. The third-order valence-corrected chi connectivity index (χ3v) is 5.18. The molecule has 1 heterocycles. The van der Waals surface area contributed by atoms with Crippen LogP contribution in [0.25, 0.3) is 0 Å². The van der Waals surface area contributed by atoms with Gasteiger partial charge in [-0.3, -0.25) is 15.0 Å². The molecule has 1 N–H and O–H groups in total. The van der Waals surface area contributed by atoms with Crippen LogP contribution in [0.3, 0.4) is 0 Å². The Morgan fingerprint density at radius 3 is 2.59 bits per heavy atom. The lowest BCUT2D eigenvalue weighted by atomic mass is 9.93. The van der Waals surface area contributed by atoms with Gasteiger partial charge in [0.15, 0.2) is 11.5 Å². The average Bonchev–Trinajstić information content (AvgIpc) is 2.77. The van der Waals surface area contributed by atoms with Crippen LogP contribution in [-0.4, -0.2) is 47.7 Å². The topological polar surface area (TPSA) is 122 Å². The maximum absolute atomic E-state index is 13.4. The highest BCUT2D eigenvalue weighted by Gasteiger charge is 2.41. The van der Waals surface area contributed by atoms with E-state index in [1.807, 2.05) is 0 Å². The first kappa shape index (κ1) is 22.6. The molecule has 0 bridgehead atoms. The molecule has 0 fully saturated rings. The number of rotatable bonds is 6. The minimum Gasteiger partial charge on any atom is -0.504 e. The van der Waals surface area contributed by atoms with Crippen LogP contribution in [0.1, 0.15) is 25.5 Å². The molecule has 2 amide bonds. The first-order valence-electron chi connectivity index (χ1n) is 9.77. The molecule has 1 unspecified atom stereocenters. The zero-order valence-electron chi connectivity index (χ0n) is 18.1. The van der Waals surface area contributed by atoms with E-state index in [-0.39, 0.29) is 34.1 Å². The highest BCUT2D eigenvalue weighted by molar-refractivity contribution is 6.03. The van der Waals surface area contributed by atoms with Crippen LogP contribution < -0.4 is 9.64 Å². The minimum atomic E-state index is -0.829. The second-order valence-electron chi connectivity index (χ2n) is 7.06. The second kappa shape index (κ2) is 8.96. The average molecular weight is 441 g/mol. The van der Waals surface area contributed by atoms with Gasteiger partial charge in [-0.2, -0.15) is 0 Å². The van der Waals surface area contributed by atoms with E-state index >= 15 is 0 Å². The molecule has 10 nitrogen and oxygen atoms in total. The summed E-state index contributed by atoms with van der Waals surface area (Å²) in [5, 5.41) is 21.2. The summed E-state index contributed by atoms with van der Waals surface area (Å²) in [4.78, 5) is 39.4. The number of carbonyl (C=O) groups is 2. The maximum atomic E-state index is 13.4. The van der Waals surface area contributed by atoms with Gasteiger partial charge in [0, 0.05) is 24.9 Å². The van der Waals surface area contributed by atoms with Gasteiger partial charge in [-0.15, -0.1) is 0 Å². The molecule has 0 saturated carbocycles. The Labute approximate surface area is 184 Å². The number of likely N-dealkylation sites (N-methyl/N-ethyl adjacent to an activating group) is 1. The number of urea groups is 1. The molecule has 2 aromatic carbocycles. The summed E-state index contributed by atoms with van der Waals surface area (Å²) >= 11 is 0. The Morgan fingerprint density at radius 2 is 1.97 bits per heavy atom. The van der Waals surface area contributed by atoms with Crippen molar-refractivity contribution >= 4 is 23.4 Å². The van der Waals surface area contributed by atoms with Crippen molar-refractivity contribution in [3.63, 3.8) is 0 Å². The number of esters is 1. The Balaban J connectivity index is 2.20. The fourth-order valence-corrected chi connectivity index (χ4v) is 3.70. The molecule has 1 aliphatic heterocycles. The quantitative estimate of drug-likeness (QED) is 0.411. The predicted molar refractivity (Wildman–Crippen MR) is 115 cm³/mol. The number of non-ortho nitro benzene ring substituents is 1. The van der Waals surface area contributed by atoms with E-state index in [0.717, 1.165) is 0 Å². The van der Waals surface area contributed by atoms with E-state index in [9.17, 15) is 24.8 Å². The van der Waals surface area contributed by atoms with Crippen molar-refractivity contribution in [1.29, 1.82) is 0 Å². The van der Waals surface area contributed by atoms with Gasteiger partial charge in [0.25, 0.3) is 5.69 Å². The number of anilines is 1. The zero-order chi connectivity index (χ0) is 23.6. The van der Waals surface area contributed by atoms with Gasteiger partial charge in [0.1, 0.15) is 0 Å². The van der Waals surface area contributed by atoms with Crippen LogP contribution in [0.2, 0.25) is 0 Å². The predicted octanol–water partition coefficient (Wildman–Crippen LogP) is 3.76. The van der Waals surface area contributed by atoms with Crippen LogP contribution in [-0.2, 0) is 9.53 Å². The standard InChI is InChI=1S/C22H23N3O7/c1-5-32-18-11-14(9-10-17(18)26)20-19(21(27)31-4)13(2)24(22(28)23(20)3)15-7-6-8-16(12-15)25(29)30/h6-12,20,26H,5H2,1-4H3. The van der Waals surface area contributed by atoms with E-state index in [1.54, 1.807) is 32.0 Å². The molecule has 32 heavy (non-hydrogen) atoms. The highest BCUT2D eigenvalue weighted by Crippen LogP contribution is 2.41. The van der Waals surface area contributed by atoms with E-state index in [2.05, 4.69) is 0 Å². The van der Waals surface area contributed by atoms with E-state index in [1.165, 1.54) is 48.2 Å². The zero-order valence-corrected chi connectivity index (χ0v) is 18.1. The largest absolute Gasteiger partial charge is 0.504 e. The summed E-state index contributed by atoms with van der Waals surface area (Å²) in [6, 6.07) is 8.84. The highest BCUT2D eigenvalue weighted by atomic mass is 16.6. The van der Waals surface area contributed by atoms with E-state index in [4.69, 9.17) is 9.47 Å². The number of hydrogen-bond donors (Lipinski definition) is 1. The third-order valence-electron chi connectivity index (χ3n) is 5.18. The van der Waals surface area contributed by atoms with Gasteiger partial charge >= 0.3 is 12.0 Å². The molecule has 10 heteroatoms. The second-order valence-corrected chi connectivity index (χ2v) is 7.06. The lowest BCUT2D eigenvalue weighted by Crippen LogP contribution is -2.49. The van der Waals surface area contributed by atoms with Crippen molar-refractivity contribution in [2.45, 2.75) is 19.9 Å². The number of hydrogen-bond acceptors (Lipinski definition) is 7. The number of allylic oxidation sites excluding steroid dienone is 1. The smallest absolute Gasteiger partial charge is 0.337 e. The third kappa shape index (κ3) is 3.94. The van der Waals surface area contributed by atoms with Gasteiger partial charge in [0.05, 0.1) is 35.9 Å². The summed E-state index contributed by atoms with van der Waals surface area (Å²) in [5.74, 6) is -0.513. The van der Waals surface area contributed by atoms with Crippen LogP contribution >= 0.6 is 0 Å². The van der Waals surface area contributed by atoms with Crippen molar-refractivity contribution < 1.29 is 29.1 Å². The van der Waals surface area contributed by atoms with Crippen LogP contribution in [0.5, 0.6) is 11.5 Å². The molecular formula is C22H23N3O7. The summed E-state index contributed by atoms with van der Waals surface area (Å²) in [5.41, 5.74) is 1.03. The number of aromatic hydroxyl groups is 1. The number of phenolic OH excluding ortho intramolecular Hbond substituents is 1. The molecule has 0 radical (unpaired) electrons. The van der Waals surface area contributed by atoms with Gasteiger partial charge in [-0.25, -0.2) is 9.59 Å². The molecule has 1 atom stereocenters. The van der Waals surface area contributed by atoms with Crippen molar-refractivity contribution in [1.82, 2.24) is 4.90 Å². The summed E-state index contributed by atoms with van der Waals surface area (Å²) < 4.78 is 10.4. The Kier molecular flexibility index (Phi) is 6.33. The van der Waals surface area contributed by atoms with Crippen molar-refractivity contribution in [3.8, 4) is 11.5 Å². The molecule has 0 spiro atoms. The number of methoxy groups -OCH3 is 1. The Hall–Kier alpha value is -4.08. The number of amides is 2. The van der Waals surface area contributed by atoms with E-state index < -0.39 is 23.0 Å². The van der Waals surface area contributed by atoms with Crippen LogP contribution in [0.4, 0.5) is 16.2 Å². The van der Waals surface area contributed by atoms with Crippen molar-refractivity contribution in [3.05, 3.63) is 69.4 Å². The number of carbonyl (C=O) groups excluding carboxylic acids is 2. The first-order valence-corrected chi connectivity index (χ1v) is 9.77. The number of nitro groups is 1. The van der Waals surface area contributed by atoms with Crippen molar-refractivity contribution in [2.75, 3.05) is 25.7 Å². The number of nitro benzene ring substituents is 1. The fourth-order valence-electron chi connectivity index (χ4n) is 3.70. The number of benzene rings is 2. The van der Waals surface area contributed by atoms with Gasteiger partial charge in [0.2, 0.25) is 0 Å². The monoisotopic (exact) mass is 441 g/mol. The molecule has 168 valence electrons. The first-order chi connectivity index (χ1) is 15.2. The number of ether oxygens (including phenoxy) is 2. The lowest BCUT2D eigenvalue weighted by Gasteiger charge is -2.40. The molecular weight excluding hydrogens is 418 g/mol. The summed E-state index contributed by atoms with van der Waals surface area (Å²) in [7, 11) is 2.75. The SMILES string of the molecule is CCOc1cc(C2C(C(=O)OC)=C(C)N(c3cccc([N+](=O)[O-])c3)C(=O)N2C)ccc1O. The Bertz CT molecular complexity index is 1110. The Morgan fingerprint density at radius 1 is 1.25 bits per heavy atom. The molecule has 0 saturated heterocycles. The van der Waals surface area contributed by atoms with Crippen LogP contribution in [0, 0.1) is 10.1 Å². The van der Waals surface area contributed by atoms with Gasteiger partial charge < -0.3 is 19.5 Å². The van der Waals surface area contributed by atoms with Gasteiger partial charge in [-0.05, 0) is 37.6 Å². The fraction of sp³-hybridized carbons (Fsp3) is 0.273. The molecule has 1 aliphatic rings. The normalized spacial score (nSPS) is 16.2. The number of phenols is 1. The number of nitrogens with zero attached hydrogens (tertiary/aromatic N) is 3. The molecule has 2 aromatic rings. The molecule has 0 aromatic heterocycles. The minimum absolute atomic E-state index is 0.0704. The maximum Gasteiger partial charge on any atom is 0.337 e. The van der Waals surface area contributed by atoms with Crippen LogP contribution in [0.15, 0.2) is 53.7 Å². The van der Waals surface area contributed by atoms with Gasteiger partial charge in [-0.1, -0.05) is 12.1 Å². The lowest BCUT2D eigenvalue weighted by molar-refractivity contribution is -0.384. The van der Waals surface area contributed by atoms with E-state index in [0.29, 0.717) is 12.2 Å². The summed E-state index contributed by atoms with van der Waals surface area (Å²) in [6.45, 7) is 3.66.